The summed E-state index contributed by atoms with van der Waals surface area (Å²) in [5, 5.41) is 2.31. The first-order valence-electron chi connectivity index (χ1n) is 4.55. The highest BCUT2D eigenvalue weighted by Crippen LogP contribution is 1.72. The van der Waals surface area contributed by atoms with Gasteiger partial charge >= 0.3 is 0 Å². The van der Waals surface area contributed by atoms with E-state index in [2.05, 4.69) is 5.32 Å². The molecule has 1 aliphatic heterocycles. The van der Waals surface area contributed by atoms with Crippen LogP contribution in [0.4, 0.5) is 0 Å². The van der Waals surface area contributed by atoms with Crippen LogP contribution in [0.25, 0.3) is 0 Å². The predicted octanol–water partition coefficient (Wildman–Crippen LogP) is -3.46. The number of hydrogen-bond donors (Lipinski definition) is 2. The molecule has 0 aromatic rings. The number of likely N-dealkylation sites (N-methyl/N-ethyl adjacent to an activating group) is 1. The van der Waals surface area contributed by atoms with Crippen LogP contribution in [-0.4, -0.2) is 57.6 Å². The van der Waals surface area contributed by atoms with Crippen molar-refractivity contribution in [1.29, 1.82) is 0 Å². The predicted molar refractivity (Wildman–Crippen MR) is 45.9 cm³/mol. The highest BCUT2D eigenvalue weighted by Gasteiger charge is 2.19. The maximum absolute atomic E-state index is 11.3. The summed E-state index contributed by atoms with van der Waals surface area (Å²) in [6.07, 6.45) is 0. The van der Waals surface area contributed by atoms with Gasteiger partial charge in [-0.1, -0.05) is 0 Å². The Morgan fingerprint density at radius 1 is 1.42 bits per heavy atom. The number of nitrogens with zero attached hydrogens (tertiary/aromatic N) is 1. The van der Waals surface area contributed by atoms with E-state index in [1.807, 2.05) is 14.1 Å². The smallest absolute Gasteiger partial charge is 0.277 e. The quantitative estimate of drug-likeness (QED) is 0.448. The Kier molecular flexibility index (Phi) is 3.49. The van der Waals surface area contributed by atoms with Gasteiger partial charge < -0.3 is 15.1 Å². The number of hydrogen-bond acceptors (Lipinski definition) is 1. The van der Waals surface area contributed by atoms with Gasteiger partial charge in [0, 0.05) is 14.1 Å². The zero-order valence-corrected chi connectivity index (χ0v) is 7.97. The first-order chi connectivity index (χ1) is 5.70. The first kappa shape index (κ1) is 9.48. The third kappa shape index (κ3) is 2.79. The molecule has 1 saturated heterocycles. The molecule has 0 bridgehead atoms. The van der Waals surface area contributed by atoms with E-state index in [4.69, 9.17) is 0 Å². The van der Waals surface area contributed by atoms with Crippen molar-refractivity contribution in [3.8, 4) is 0 Å². The molecule has 0 saturated carbocycles. The summed E-state index contributed by atoms with van der Waals surface area (Å²) >= 11 is 0. The molecule has 4 nitrogen and oxygen atoms in total. The monoisotopic (exact) mass is 173 g/mol. The van der Waals surface area contributed by atoms with Gasteiger partial charge in [-0.2, -0.15) is 0 Å². The zero-order chi connectivity index (χ0) is 8.97. The van der Waals surface area contributed by atoms with Gasteiger partial charge in [-0.3, -0.25) is 4.79 Å². The molecular weight excluding hydrogens is 154 g/mol. The zero-order valence-electron chi connectivity index (χ0n) is 7.97. The van der Waals surface area contributed by atoms with E-state index < -0.39 is 0 Å². The van der Waals surface area contributed by atoms with Gasteiger partial charge in [0.1, 0.15) is 26.2 Å². The van der Waals surface area contributed by atoms with Gasteiger partial charge in [0.2, 0.25) is 0 Å². The lowest BCUT2D eigenvalue weighted by Gasteiger charge is -2.22. The molecule has 1 aliphatic rings. The maximum Gasteiger partial charge on any atom is 0.277 e. The second kappa shape index (κ2) is 4.42. The normalized spacial score (nSPS) is 19.2. The largest absolute Gasteiger partial charge is 0.344 e. The van der Waals surface area contributed by atoms with Crippen molar-refractivity contribution >= 4 is 5.91 Å². The minimum atomic E-state index is 0.243. The molecule has 12 heavy (non-hydrogen) atoms. The number of quaternary nitrogens is 2. The highest BCUT2D eigenvalue weighted by molar-refractivity contribution is 5.76. The molecule has 0 aromatic heterocycles. The van der Waals surface area contributed by atoms with Crippen LogP contribution in [0, 0.1) is 0 Å². The van der Waals surface area contributed by atoms with Crippen LogP contribution in [0.2, 0.25) is 0 Å². The number of carbonyl (C=O) groups excluding carboxylic acids is 1. The summed E-state index contributed by atoms with van der Waals surface area (Å²) in [7, 11) is 3.63. The molecule has 70 valence electrons. The molecule has 1 rings (SSSR count). The molecule has 0 aromatic carbocycles. The lowest BCUT2D eigenvalue weighted by molar-refractivity contribution is -0.940. The minimum Gasteiger partial charge on any atom is -0.344 e. The fourth-order valence-electron chi connectivity index (χ4n) is 1.43. The molecule has 0 unspecified atom stereocenters. The van der Waals surface area contributed by atoms with E-state index in [9.17, 15) is 4.79 Å². The number of nitrogens with one attached hydrogen (secondary N) is 1. The number of piperazine rings is 1. The van der Waals surface area contributed by atoms with Crippen LogP contribution in [0.3, 0.4) is 0 Å². The van der Waals surface area contributed by atoms with E-state index in [1.54, 1.807) is 4.90 Å². The van der Waals surface area contributed by atoms with Gasteiger partial charge in [0.25, 0.3) is 5.91 Å². The summed E-state index contributed by atoms with van der Waals surface area (Å²) in [6.45, 7) is 5.24. The summed E-state index contributed by atoms with van der Waals surface area (Å²) in [4.78, 5) is 14.4. The Bertz CT molecular complexity index is 152. The van der Waals surface area contributed by atoms with Gasteiger partial charge in [0.15, 0.2) is 6.54 Å². The molecule has 0 radical (unpaired) electrons. The van der Waals surface area contributed by atoms with E-state index in [-0.39, 0.29) is 5.91 Å². The molecule has 0 aliphatic carbocycles. The summed E-state index contributed by atoms with van der Waals surface area (Å²) in [6, 6.07) is 0. The average molecular weight is 173 g/mol. The fraction of sp³-hybridized carbons (Fsp3) is 0.875. The van der Waals surface area contributed by atoms with Gasteiger partial charge in [-0.25, -0.2) is 0 Å². The topological polar surface area (TPSA) is 41.4 Å². The maximum atomic E-state index is 11.3. The lowest BCUT2D eigenvalue weighted by Crippen LogP contribution is -3.21. The average Bonchev–Trinajstić information content (AvgIpc) is 2.06. The van der Waals surface area contributed by atoms with Crippen LogP contribution >= 0.6 is 0 Å². The fourth-order valence-corrected chi connectivity index (χ4v) is 1.43. The number of carbonyl (C=O) groups is 1. The SMILES string of the molecule is CN(C)C(=O)C[NH+]1CC[NH2+]CC1. The van der Waals surface area contributed by atoms with Crippen molar-refractivity contribution in [1.82, 2.24) is 4.90 Å². The molecular formula is C8H19N3O+2. The third-order valence-electron chi connectivity index (χ3n) is 2.30. The van der Waals surface area contributed by atoms with Crippen LogP contribution in [0.5, 0.6) is 0 Å². The summed E-state index contributed by atoms with van der Waals surface area (Å²) in [5.41, 5.74) is 0. The van der Waals surface area contributed by atoms with Crippen LogP contribution in [-0.2, 0) is 4.79 Å². The van der Waals surface area contributed by atoms with Crippen molar-refractivity contribution in [3.05, 3.63) is 0 Å². The van der Waals surface area contributed by atoms with Crippen LogP contribution < -0.4 is 10.2 Å². The molecule has 1 amide bonds. The van der Waals surface area contributed by atoms with Crippen molar-refractivity contribution in [2.75, 3.05) is 46.8 Å². The van der Waals surface area contributed by atoms with Crippen LogP contribution in [0.1, 0.15) is 0 Å². The first-order valence-corrected chi connectivity index (χ1v) is 4.55. The van der Waals surface area contributed by atoms with E-state index in [0.717, 1.165) is 26.2 Å². The molecule has 0 atom stereocenters. The second-order valence-electron chi connectivity index (χ2n) is 3.58. The number of rotatable bonds is 2. The van der Waals surface area contributed by atoms with Crippen molar-refractivity contribution in [2.45, 2.75) is 0 Å². The molecule has 1 heterocycles. The standard InChI is InChI=1S/C8H17N3O/c1-10(2)8(12)7-11-5-3-9-4-6-11/h9H,3-7H2,1-2H3/p+2. The van der Waals surface area contributed by atoms with Crippen LogP contribution in [0.15, 0.2) is 0 Å². The Hall–Kier alpha value is -0.610. The van der Waals surface area contributed by atoms with E-state index in [1.165, 1.54) is 4.90 Å². The lowest BCUT2D eigenvalue weighted by atomic mass is 10.3. The molecule has 3 N–H and O–H groups in total. The molecule has 0 spiro atoms. The number of nitrogens with two attached hydrogens (primary N) is 1. The summed E-state index contributed by atoms with van der Waals surface area (Å²) in [5.74, 6) is 0.243. The van der Waals surface area contributed by atoms with Crippen molar-refractivity contribution in [2.24, 2.45) is 0 Å². The van der Waals surface area contributed by atoms with Crippen molar-refractivity contribution < 1.29 is 15.0 Å². The highest BCUT2D eigenvalue weighted by atomic mass is 16.2. The van der Waals surface area contributed by atoms with Gasteiger partial charge in [0.05, 0.1) is 0 Å². The third-order valence-corrected chi connectivity index (χ3v) is 2.30. The van der Waals surface area contributed by atoms with E-state index in [0.29, 0.717) is 6.54 Å². The molecule has 4 heteroatoms. The van der Waals surface area contributed by atoms with Gasteiger partial charge in [-0.05, 0) is 0 Å². The Morgan fingerprint density at radius 2 is 2.00 bits per heavy atom. The Labute approximate surface area is 73.5 Å². The molecule has 1 fully saturated rings. The van der Waals surface area contributed by atoms with Crippen molar-refractivity contribution in [3.63, 3.8) is 0 Å². The van der Waals surface area contributed by atoms with Gasteiger partial charge in [-0.15, -0.1) is 0 Å². The summed E-state index contributed by atoms with van der Waals surface area (Å²) < 4.78 is 0. The minimum absolute atomic E-state index is 0.243. The Morgan fingerprint density at radius 3 is 2.50 bits per heavy atom. The number of amides is 1. The van der Waals surface area contributed by atoms with E-state index >= 15 is 0 Å². The Balaban J connectivity index is 2.24. The second-order valence-corrected chi connectivity index (χ2v) is 3.58.